The van der Waals surface area contributed by atoms with Crippen molar-refractivity contribution in [2.75, 3.05) is 12.3 Å². The summed E-state index contributed by atoms with van der Waals surface area (Å²) in [7, 11) is 0. The van der Waals surface area contributed by atoms with Crippen molar-refractivity contribution in [3.63, 3.8) is 0 Å². The summed E-state index contributed by atoms with van der Waals surface area (Å²) in [6, 6.07) is 0. The number of rotatable bonds is 2. The quantitative estimate of drug-likeness (QED) is 0.514. The maximum absolute atomic E-state index is 11.8. The molecule has 0 spiro atoms. The standard InChI is InChI=1S/C11H15N3O3S/c1-5-3-14(11(16)13-9(5)12)10-6(2)8(18)7(4-15)17-10/h3,7-8,10,15,18H,2,4H2,1H3,(H2,12,13,16)/t7-,8+,10-/m1/s1. The van der Waals surface area contributed by atoms with Crippen molar-refractivity contribution < 1.29 is 9.84 Å². The lowest BCUT2D eigenvalue weighted by Gasteiger charge is -2.16. The van der Waals surface area contributed by atoms with Crippen molar-refractivity contribution in [3.05, 3.63) is 34.4 Å². The van der Waals surface area contributed by atoms with E-state index < -0.39 is 18.0 Å². The highest BCUT2D eigenvalue weighted by atomic mass is 32.1. The molecule has 1 aliphatic rings. The molecule has 0 unspecified atom stereocenters. The van der Waals surface area contributed by atoms with Crippen molar-refractivity contribution in [1.29, 1.82) is 0 Å². The van der Waals surface area contributed by atoms with E-state index in [4.69, 9.17) is 15.6 Å². The molecular formula is C11H15N3O3S. The highest BCUT2D eigenvalue weighted by Gasteiger charge is 2.37. The molecule has 0 amide bonds. The average Bonchev–Trinajstić information content (AvgIpc) is 2.61. The van der Waals surface area contributed by atoms with Gasteiger partial charge in [-0.3, -0.25) is 4.57 Å². The maximum atomic E-state index is 11.8. The van der Waals surface area contributed by atoms with Crippen LogP contribution in [0.25, 0.3) is 0 Å². The van der Waals surface area contributed by atoms with Gasteiger partial charge in [-0.1, -0.05) is 6.58 Å². The van der Waals surface area contributed by atoms with Crippen LogP contribution < -0.4 is 11.4 Å². The van der Waals surface area contributed by atoms with Gasteiger partial charge >= 0.3 is 5.69 Å². The molecule has 1 aromatic rings. The molecule has 3 N–H and O–H groups in total. The predicted molar refractivity (Wildman–Crippen MR) is 70.6 cm³/mol. The number of aromatic nitrogens is 2. The largest absolute Gasteiger partial charge is 0.394 e. The number of nitrogens with two attached hydrogens (primary N) is 1. The Morgan fingerprint density at radius 1 is 1.72 bits per heavy atom. The zero-order valence-electron chi connectivity index (χ0n) is 9.91. The molecule has 1 aliphatic heterocycles. The third kappa shape index (κ3) is 2.05. The first kappa shape index (κ1) is 13.1. The maximum Gasteiger partial charge on any atom is 0.351 e. The van der Waals surface area contributed by atoms with Gasteiger partial charge in [0.25, 0.3) is 0 Å². The number of hydrogen-bond donors (Lipinski definition) is 3. The lowest BCUT2D eigenvalue weighted by molar-refractivity contribution is -0.0155. The summed E-state index contributed by atoms with van der Waals surface area (Å²) in [6.07, 6.45) is 0.431. The minimum absolute atomic E-state index is 0.181. The Hall–Kier alpha value is -1.31. The number of nitrogens with zero attached hydrogens (tertiary/aromatic N) is 2. The minimum atomic E-state index is -0.663. The van der Waals surface area contributed by atoms with Crippen LogP contribution in [0.3, 0.4) is 0 Å². The average molecular weight is 269 g/mol. The second kappa shape index (κ2) is 4.75. The predicted octanol–water partition coefficient (Wildman–Crippen LogP) is -0.122. The fourth-order valence-electron chi connectivity index (χ4n) is 1.85. The van der Waals surface area contributed by atoms with Crippen LogP contribution in [0, 0.1) is 6.92 Å². The summed E-state index contributed by atoms with van der Waals surface area (Å²) in [5.74, 6) is 0.195. The number of aliphatic hydroxyl groups is 1. The topological polar surface area (TPSA) is 90.4 Å². The molecule has 18 heavy (non-hydrogen) atoms. The van der Waals surface area contributed by atoms with Gasteiger partial charge in [-0.25, -0.2) is 4.79 Å². The van der Waals surface area contributed by atoms with Gasteiger partial charge in [0.05, 0.1) is 18.0 Å². The third-order valence-electron chi connectivity index (χ3n) is 2.96. The summed E-state index contributed by atoms with van der Waals surface area (Å²) in [6.45, 7) is 5.42. The number of hydrogen-bond acceptors (Lipinski definition) is 6. The summed E-state index contributed by atoms with van der Waals surface area (Å²) < 4.78 is 6.87. The molecule has 2 rings (SSSR count). The molecule has 7 heteroatoms. The van der Waals surface area contributed by atoms with Crippen LogP contribution in [-0.4, -0.2) is 32.6 Å². The van der Waals surface area contributed by atoms with Gasteiger partial charge in [0.2, 0.25) is 0 Å². The Morgan fingerprint density at radius 3 is 2.94 bits per heavy atom. The molecule has 3 atom stereocenters. The molecular weight excluding hydrogens is 254 g/mol. The van der Waals surface area contributed by atoms with Gasteiger partial charge in [0.1, 0.15) is 5.82 Å². The molecule has 0 aromatic carbocycles. The molecule has 98 valence electrons. The van der Waals surface area contributed by atoms with Crippen LogP contribution in [0.2, 0.25) is 0 Å². The van der Waals surface area contributed by atoms with E-state index in [2.05, 4.69) is 24.2 Å². The molecule has 2 heterocycles. The van der Waals surface area contributed by atoms with Crippen LogP contribution in [-0.2, 0) is 4.74 Å². The molecule has 0 saturated carbocycles. The number of aliphatic hydroxyl groups excluding tert-OH is 1. The van der Waals surface area contributed by atoms with E-state index in [0.717, 1.165) is 0 Å². The zero-order valence-corrected chi connectivity index (χ0v) is 10.8. The first-order valence-electron chi connectivity index (χ1n) is 5.44. The second-order valence-corrected chi connectivity index (χ2v) is 4.78. The van der Waals surface area contributed by atoms with E-state index in [1.807, 2.05) is 0 Å². The smallest absolute Gasteiger partial charge is 0.351 e. The van der Waals surface area contributed by atoms with Crippen molar-refractivity contribution in [1.82, 2.24) is 9.55 Å². The lowest BCUT2D eigenvalue weighted by Crippen LogP contribution is -2.29. The molecule has 1 aromatic heterocycles. The Balaban J connectivity index is 2.42. The van der Waals surface area contributed by atoms with Crippen molar-refractivity contribution in [2.24, 2.45) is 0 Å². The highest BCUT2D eigenvalue weighted by molar-refractivity contribution is 7.81. The minimum Gasteiger partial charge on any atom is -0.394 e. The van der Waals surface area contributed by atoms with Crippen LogP contribution in [0.1, 0.15) is 11.8 Å². The molecule has 0 radical (unpaired) electrons. The first-order chi connectivity index (χ1) is 8.45. The Kier molecular flexibility index (Phi) is 3.47. The fraction of sp³-hybridized carbons (Fsp3) is 0.455. The monoisotopic (exact) mass is 269 g/mol. The van der Waals surface area contributed by atoms with Crippen molar-refractivity contribution >= 4 is 18.4 Å². The Bertz CT molecular complexity index is 543. The van der Waals surface area contributed by atoms with Crippen LogP contribution in [0.5, 0.6) is 0 Å². The fourth-order valence-corrected chi connectivity index (χ4v) is 2.14. The molecule has 0 aliphatic carbocycles. The summed E-state index contributed by atoms with van der Waals surface area (Å²) in [5.41, 5.74) is 6.34. The van der Waals surface area contributed by atoms with E-state index in [1.54, 1.807) is 13.1 Å². The van der Waals surface area contributed by atoms with Crippen molar-refractivity contribution in [2.45, 2.75) is 24.5 Å². The number of aryl methyl sites for hydroxylation is 1. The van der Waals surface area contributed by atoms with Gasteiger partial charge in [-0.2, -0.15) is 17.6 Å². The lowest BCUT2D eigenvalue weighted by atomic mass is 10.1. The Labute approximate surface area is 110 Å². The van der Waals surface area contributed by atoms with Gasteiger partial charge in [0, 0.05) is 11.8 Å². The van der Waals surface area contributed by atoms with E-state index in [9.17, 15) is 4.79 Å². The van der Waals surface area contributed by atoms with Crippen LogP contribution >= 0.6 is 12.6 Å². The van der Waals surface area contributed by atoms with Gasteiger partial charge in [0.15, 0.2) is 6.23 Å². The Morgan fingerprint density at radius 2 is 2.39 bits per heavy atom. The van der Waals surface area contributed by atoms with Crippen molar-refractivity contribution in [3.8, 4) is 0 Å². The summed E-state index contributed by atoms with van der Waals surface area (Å²) in [4.78, 5) is 15.5. The first-order valence-corrected chi connectivity index (χ1v) is 5.95. The van der Waals surface area contributed by atoms with E-state index in [0.29, 0.717) is 11.1 Å². The van der Waals surface area contributed by atoms with E-state index >= 15 is 0 Å². The molecule has 1 fully saturated rings. The molecule has 6 nitrogen and oxygen atoms in total. The third-order valence-corrected chi connectivity index (χ3v) is 3.62. The second-order valence-electron chi connectivity index (χ2n) is 4.23. The summed E-state index contributed by atoms with van der Waals surface area (Å²) >= 11 is 4.31. The number of thiol groups is 1. The van der Waals surface area contributed by atoms with E-state index in [-0.39, 0.29) is 17.7 Å². The molecule has 1 saturated heterocycles. The highest BCUT2D eigenvalue weighted by Crippen LogP contribution is 2.35. The zero-order chi connectivity index (χ0) is 13.4. The number of anilines is 1. The van der Waals surface area contributed by atoms with Crippen LogP contribution in [0.4, 0.5) is 5.82 Å². The summed E-state index contributed by atoms with van der Waals surface area (Å²) in [5, 5.41) is 8.83. The molecule has 0 bridgehead atoms. The normalized spacial score (nSPS) is 27.7. The number of nitrogen functional groups attached to an aromatic ring is 1. The van der Waals surface area contributed by atoms with Gasteiger partial charge in [-0.05, 0) is 12.5 Å². The van der Waals surface area contributed by atoms with E-state index in [1.165, 1.54) is 4.57 Å². The van der Waals surface area contributed by atoms with Crippen LogP contribution in [0.15, 0.2) is 23.1 Å². The van der Waals surface area contributed by atoms with Gasteiger partial charge < -0.3 is 15.6 Å². The number of ether oxygens (including phenoxy) is 1. The van der Waals surface area contributed by atoms with Gasteiger partial charge in [-0.15, -0.1) is 0 Å². The SMILES string of the molecule is C=C1[C@H](n2cc(C)c(N)nc2=O)O[C@H](CO)[C@H]1S.